The van der Waals surface area contributed by atoms with E-state index in [-0.39, 0.29) is 61.5 Å². The zero-order valence-corrected chi connectivity index (χ0v) is 36.3. The lowest BCUT2D eigenvalue weighted by Crippen LogP contribution is -2.67. The summed E-state index contributed by atoms with van der Waals surface area (Å²) < 4.78 is 24.1. The Labute approximate surface area is 354 Å². The molecular formula is C46H58N4O11. The Hall–Kier alpha value is -4.83. The molecule has 0 radical (unpaired) electrons. The Balaban J connectivity index is 1.32. The van der Waals surface area contributed by atoms with Crippen LogP contribution in [0.1, 0.15) is 77.2 Å². The van der Waals surface area contributed by atoms with Crippen molar-refractivity contribution in [1.29, 1.82) is 0 Å². The summed E-state index contributed by atoms with van der Waals surface area (Å²) in [7, 11) is 1.47. The zero-order valence-electron chi connectivity index (χ0n) is 36.3. The number of aromatic hydroxyl groups is 2. The molecule has 328 valence electrons. The van der Waals surface area contributed by atoms with Gasteiger partial charge in [0, 0.05) is 92.6 Å². The molecule has 8 bridgehead atoms. The number of carbonyl (C=O) groups is 3. The van der Waals surface area contributed by atoms with E-state index in [2.05, 4.69) is 15.2 Å². The van der Waals surface area contributed by atoms with Crippen molar-refractivity contribution in [2.24, 2.45) is 51.4 Å². The van der Waals surface area contributed by atoms with Crippen LogP contribution in [0.2, 0.25) is 0 Å². The molecule has 1 aliphatic carbocycles. The number of aliphatic hydroxyl groups excluding tert-OH is 2. The zero-order chi connectivity index (χ0) is 44.0. The van der Waals surface area contributed by atoms with Gasteiger partial charge in [-0.2, -0.15) is 0 Å². The van der Waals surface area contributed by atoms with Gasteiger partial charge >= 0.3 is 11.8 Å². The van der Waals surface area contributed by atoms with Crippen LogP contribution in [0.15, 0.2) is 46.1 Å². The number of methoxy groups -OCH3 is 1. The standard InChI is InChI=1S/C46H58N4O11/c1-20-11-10-12-21(2)44(57)47-36-35-34(48-46(49-35)28-15-27-16-29(46)19-50(17-27)18-28)31-32(40(36)55)39(54)25(6)42-33(31)43(56)45(8,61-42)59-14-13-30(58-9)22(3)41(60-26(7)51)24(5)38(53)23(4)37(20)52/h10-14,20,22-24,27-30,37-38,41,48,52-55H,15-19H2,1-9H3/b11-10+,14-13+,21-12-,47-36?/t20-,22+,23+,24+,27?,28?,29?,30-,37-,38+,41+,45-,46?/m0/s1. The van der Waals surface area contributed by atoms with Gasteiger partial charge in [-0.3, -0.25) is 19.4 Å². The molecule has 0 aromatic heterocycles. The molecule has 2 aromatic rings. The van der Waals surface area contributed by atoms with E-state index in [1.807, 2.05) is 0 Å². The summed E-state index contributed by atoms with van der Waals surface area (Å²) in [6.07, 6.45) is 5.87. The molecule has 7 aliphatic rings. The first-order valence-corrected chi connectivity index (χ1v) is 21.4. The molecule has 9 rings (SSSR count). The fourth-order valence-corrected chi connectivity index (χ4v) is 11.1. The number of rotatable bonds is 2. The Morgan fingerprint density at radius 3 is 2.26 bits per heavy atom. The van der Waals surface area contributed by atoms with Gasteiger partial charge in [-0.25, -0.2) is 4.99 Å². The molecule has 15 heteroatoms. The molecule has 5 N–H and O–H groups in total. The molecule has 1 amide bonds. The highest BCUT2D eigenvalue weighted by Crippen LogP contribution is 2.55. The van der Waals surface area contributed by atoms with E-state index in [0.29, 0.717) is 11.6 Å². The van der Waals surface area contributed by atoms with Gasteiger partial charge in [-0.15, -0.1) is 0 Å². The first-order valence-electron chi connectivity index (χ1n) is 21.4. The second kappa shape index (κ2) is 15.5. The molecule has 6 heterocycles. The molecule has 61 heavy (non-hydrogen) atoms. The smallest absolute Gasteiger partial charge is 0.312 e. The number of Topliss-reactive ketones (excluding diaryl/α,β-unsaturated/α-hetero) is 1. The Morgan fingerprint density at radius 1 is 0.934 bits per heavy atom. The number of amides is 1. The summed E-state index contributed by atoms with van der Waals surface area (Å²) in [5, 5.41) is 51.1. The predicted octanol–water partition coefficient (Wildman–Crippen LogP) is 3.97. The number of nitrogens with one attached hydrogen (secondary N) is 1. The summed E-state index contributed by atoms with van der Waals surface area (Å²) >= 11 is 0. The SMILES string of the molecule is CO[C@H]1/C=C/O[C@@]2(C)Oc3c(C)c(O)c4c(O)c(c5c(c4c3C2=O)NC2(N=5)C3CC4CC2CN(C4)C3)=NC(=O)/C(C)=C\C=C\[C@H](C)[C@H](O)[C@@H](C)[C@@H](O)[C@@H](C)[C@H](OC(C)=O)[C@@H]1C. The van der Waals surface area contributed by atoms with Gasteiger partial charge in [0.15, 0.2) is 5.75 Å². The number of piperidine rings is 3. The number of carbonyl (C=O) groups excluding carboxylic acids is 3. The third-order valence-electron chi connectivity index (χ3n) is 14.5. The summed E-state index contributed by atoms with van der Waals surface area (Å²) in [5.74, 6) is -6.17. The molecule has 2 aromatic carbocycles. The number of nitrogens with zero attached hydrogens (tertiary/aromatic N) is 3. The summed E-state index contributed by atoms with van der Waals surface area (Å²) in [5.41, 5.74) is 0.0427. The van der Waals surface area contributed by atoms with E-state index in [0.717, 1.165) is 32.5 Å². The molecule has 15 nitrogen and oxygen atoms in total. The third-order valence-corrected chi connectivity index (χ3v) is 14.5. The third kappa shape index (κ3) is 6.83. The first kappa shape index (κ1) is 42.8. The van der Waals surface area contributed by atoms with Crippen LogP contribution in [0, 0.1) is 48.3 Å². The minimum absolute atomic E-state index is 0.0698. The van der Waals surface area contributed by atoms with Gasteiger partial charge < -0.3 is 49.6 Å². The Morgan fingerprint density at radius 2 is 1.62 bits per heavy atom. The van der Waals surface area contributed by atoms with Gasteiger partial charge in [-0.05, 0) is 38.7 Å². The number of fused-ring (bicyclic) bond motifs is 1. The maximum absolute atomic E-state index is 14.8. The highest BCUT2D eigenvalue weighted by atomic mass is 16.7. The van der Waals surface area contributed by atoms with E-state index in [9.17, 15) is 34.8 Å². The maximum Gasteiger partial charge on any atom is 0.312 e. The minimum atomic E-state index is -1.94. The number of ketones is 1. The molecule has 11 atom stereocenters. The number of esters is 1. The van der Waals surface area contributed by atoms with Crippen LogP contribution < -0.4 is 20.8 Å². The van der Waals surface area contributed by atoms with Crippen LogP contribution in [0.4, 0.5) is 5.69 Å². The lowest BCUT2D eigenvalue weighted by molar-refractivity contribution is -0.160. The van der Waals surface area contributed by atoms with Crippen LogP contribution in [0.25, 0.3) is 10.8 Å². The van der Waals surface area contributed by atoms with Crippen LogP contribution in [0.3, 0.4) is 0 Å². The first-order chi connectivity index (χ1) is 28.8. The normalized spacial score (nSPS) is 40.1. The minimum Gasteiger partial charge on any atom is -0.507 e. The summed E-state index contributed by atoms with van der Waals surface area (Å²) in [4.78, 5) is 53.5. The fourth-order valence-electron chi connectivity index (χ4n) is 11.1. The van der Waals surface area contributed by atoms with E-state index < -0.39 is 82.9 Å². The summed E-state index contributed by atoms with van der Waals surface area (Å²) in [6, 6.07) is 0. The van der Waals surface area contributed by atoms with Crippen molar-refractivity contribution in [2.75, 3.05) is 32.1 Å². The van der Waals surface area contributed by atoms with E-state index in [1.54, 1.807) is 65.8 Å². The lowest BCUT2D eigenvalue weighted by atomic mass is 9.61. The van der Waals surface area contributed by atoms with Crippen LogP contribution >= 0.6 is 0 Å². The number of hydrogen-bond donors (Lipinski definition) is 5. The van der Waals surface area contributed by atoms with E-state index in [4.69, 9.17) is 23.9 Å². The number of phenolic OH excluding ortho intramolecular Hbond substituents is 2. The van der Waals surface area contributed by atoms with Crippen LogP contribution in [-0.4, -0.2) is 106 Å². The fraction of sp³-hybridized carbons (Fsp3) is 0.587. The molecule has 2 unspecified atom stereocenters. The molecule has 3 saturated heterocycles. The Kier molecular flexibility index (Phi) is 10.9. The second-order valence-electron chi connectivity index (χ2n) is 18.5. The van der Waals surface area contributed by atoms with Crippen molar-refractivity contribution >= 4 is 34.1 Å². The number of hydrogen-bond acceptors (Lipinski definition) is 14. The highest BCUT2D eigenvalue weighted by molar-refractivity contribution is 6.21. The van der Waals surface area contributed by atoms with E-state index >= 15 is 0 Å². The maximum atomic E-state index is 14.8. The molecule has 1 spiro atoms. The second-order valence-corrected chi connectivity index (χ2v) is 18.5. The number of ether oxygens (including phenoxy) is 4. The Bertz CT molecular complexity index is 2380. The van der Waals surface area contributed by atoms with E-state index in [1.165, 1.54) is 27.2 Å². The molecule has 4 fully saturated rings. The lowest BCUT2D eigenvalue weighted by Gasteiger charge is -2.59. The topological polar surface area (TPSA) is 209 Å². The van der Waals surface area contributed by atoms with Crippen LogP contribution in [0.5, 0.6) is 17.2 Å². The van der Waals surface area contributed by atoms with Gasteiger partial charge in [0.25, 0.3) is 11.7 Å². The van der Waals surface area contributed by atoms with Gasteiger partial charge in [-0.1, -0.05) is 45.9 Å². The average Bonchev–Trinajstić information content (AvgIpc) is 3.74. The number of allylic oxidation sites excluding steroid dienone is 2. The molecule has 1 saturated carbocycles. The highest BCUT2D eigenvalue weighted by Gasteiger charge is 2.59. The van der Waals surface area contributed by atoms with Crippen molar-refractivity contribution < 1.29 is 53.8 Å². The van der Waals surface area contributed by atoms with Gasteiger partial charge in [0.2, 0.25) is 0 Å². The number of aliphatic hydroxyl groups is 2. The molecular weight excluding hydrogens is 785 g/mol. The van der Waals surface area contributed by atoms with Crippen LogP contribution in [-0.2, 0) is 23.8 Å². The van der Waals surface area contributed by atoms with Crippen molar-refractivity contribution in [3.63, 3.8) is 0 Å². The number of anilines is 1. The predicted molar refractivity (Wildman–Crippen MR) is 223 cm³/mol. The van der Waals surface area contributed by atoms with Crippen molar-refractivity contribution in [1.82, 2.24) is 4.90 Å². The van der Waals surface area contributed by atoms with Crippen molar-refractivity contribution in [2.45, 2.75) is 104 Å². The molecule has 6 aliphatic heterocycles. The monoisotopic (exact) mass is 842 g/mol. The average molecular weight is 843 g/mol. The number of benzene rings is 2. The summed E-state index contributed by atoms with van der Waals surface area (Å²) in [6.45, 7) is 15.6. The largest absolute Gasteiger partial charge is 0.507 e. The van der Waals surface area contributed by atoms with Crippen molar-refractivity contribution in [3.05, 3.63) is 58.0 Å². The van der Waals surface area contributed by atoms with Crippen molar-refractivity contribution in [3.8, 4) is 17.2 Å². The van der Waals surface area contributed by atoms with Gasteiger partial charge in [0.1, 0.15) is 34.0 Å². The van der Waals surface area contributed by atoms with Gasteiger partial charge in [0.05, 0.1) is 41.2 Å². The number of phenols is 2. The quantitative estimate of drug-likeness (QED) is 0.215.